The first-order valence-electron chi connectivity index (χ1n) is 10.3. The van der Waals surface area contributed by atoms with Gasteiger partial charge in [-0.25, -0.2) is 9.59 Å². The first kappa shape index (κ1) is 21.8. The maximum absolute atomic E-state index is 12.6. The van der Waals surface area contributed by atoms with Crippen molar-refractivity contribution >= 4 is 11.8 Å². The van der Waals surface area contributed by atoms with Crippen molar-refractivity contribution in [2.45, 2.75) is 52.5 Å². The second kappa shape index (κ2) is 9.73. The summed E-state index contributed by atoms with van der Waals surface area (Å²) in [7, 11) is 0. The van der Waals surface area contributed by atoms with E-state index in [1.165, 1.54) is 4.57 Å². The van der Waals surface area contributed by atoms with E-state index in [0.717, 1.165) is 18.4 Å². The number of amides is 2. The molecule has 3 rings (SSSR count). The Balaban J connectivity index is 2.02. The molecule has 1 atom stereocenters. The van der Waals surface area contributed by atoms with Crippen molar-refractivity contribution in [1.82, 2.24) is 14.9 Å². The zero-order valence-electron chi connectivity index (χ0n) is 17.5. The molecule has 1 aromatic heterocycles. The quantitative estimate of drug-likeness (QED) is 0.544. The van der Waals surface area contributed by atoms with E-state index in [2.05, 4.69) is 15.6 Å². The molecule has 30 heavy (non-hydrogen) atoms. The number of anilines is 1. The number of ether oxygens (including phenoxy) is 2. The van der Waals surface area contributed by atoms with Crippen LogP contribution < -0.4 is 21.9 Å². The molecule has 1 aromatic carbocycles. The average Bonchev–Trinajstić information content (AvgIpc) is 2.73. The summed E-state index contributed by atoms with van der Waals surface area (Å²) in [5.74, 6) is 0.247. The van der Waals surface area contributed by atoms with E-state index in [-0.39, 0.29) is 5.82 Å². The first-order chi connectivity index (χ1) is 14.5. The normalized spacial score (nSPS) is 15.6. The zero-order chi connectivity index (χ0) is 21.7. The summed E-state index contributed by atoms with van der Waals surface area (Å²) >= 11 is 0. The minimum Gasteiger partial charge on any atom is -0.349 e. The Hall–Kier alpha value is -2.91. The van der Waals surface area contributed by atoms with Crippen LogP contribution in [0.3, 0.4) is 0 Å². The summed E-state index contributed by atoms with van der Waals surface area (Å²) < 4.78 is 12.7. The van der Waals surface area contributed by atoms with Crippen molar-refractivity contribution in [3.8, 4) is 0 Å². The summed E-state index contributed by atoms with van der Waals surface area (Å²) in [4.78, 5) is 39.7. The predicted molar refractivity (Wildman–Crippen MR) is 113 cm³/mol. The van der Waals surface area contributed by atoms with Crippen LogP contribution >= 0.6 is 0 Å². The average molecular weight is 416 g/mol. The summed E-state index contributed by atoms with van der Waals surface area (Å²) in [5, 5.41) is 5.42. The lowest BCUT2D eigenvalue weighted by molar-refractivity contribution is -0.140. The summed E-state index contributed by atoms with van der Waals surface area (Å²) in [6.45, 7) is 7.22. The second-order valence-electron chi connectivity index (χ2n) is 6.97. The van der Waals surface area contributed by atoms with Crippen molar-refractivity contribution in [3.63, 3.8) is 0 Å². The lowest BCUT2D eigenvalue weighted by Crippen LogP contribution is -2.46. The molecule has 1 aliphatic heterocycles. The van der Waals surface area contributed by atoms with Gasteiger partial charge in [0, 0.05) is 25.3 Å². The lowest BCUT2D eigenvalue weighted by atomic mass is 9.97. The Morgan fingerprint density at radius 3 is 2.30 bits per heavy atom. The van der Waals surface area contributed by atoms with Gasteiger partial charge in [-0.05, 0) is 25.8 Å². The van der Waals surface area contributed by atoms with Gasteiger partial charge in [-0.2, -0.15) is 0 Å². The third kappa shape index (κ3) is 4.47. The minimum absolute atomic E-state index is 0.247. The predicted octanol–water partition coefficient (Wildman–Crippen LogP) is 2.63. The van der Waals surface area contributed by atoms with Gasteiger partial charge in [-0.1, -0.05) is 37.6 Å². The molecule has 0 fully saturated rings. The maximum atomic E-state index is 12.6. The third-order valence-corrected chi connectivity index (χ3v) is 4.94. The molecule has 2 amide bonds. The SMILES string of the molecule is CCCCn1c2c(c(=O)[nH]c1=O)C(c1ccc(C(OCC)OCC)cc1)NC(=O)N2. The van der Waals surface area contributed by atoms with Gasteiger partial charge < -0.3 is 14.8 Å². The van der Waals surface area contributed by atoms with Gasteiger partial charge >= 0.3 is 11.7 Å². The van der Waals surface area contributed by atoms with Crippen LogP contribution in [0, 0.1) is 0 Å². The Bertz CT molecular complexity index is 990. The molecule has 2 heterocycles. The van der Waals surface area contributed by atoms with Crippen LogP contribution in [-0.4, -0.2) is 28.8 Å². The van der Waals surface area contributed by atoms with Crippen molar-refractivity contribution in [3.05, 3.63) is 61.8 Å². The Morgan fingerprint density at radius 1 is 1.03 bits per heavy atom. The molecule has 1 unspecified atom stereocenters. The first-order valence-corrected chi connectivity index (χ1v) is 10.3. The van der Waals surface area contributed by atoms with Crippen molar-refractivity contribution in [1.29, 1.82) is 0 Å². The standard InChI is InChI=1S/C21H28N4O5/c1-4-7-12-25-17-15(18(26)24-21(25)28)16(22-20(27)23-17)13-8-10-14(11-9-13)19(29-5-2)30-6-3/h8-11,16,19H,4-7,12H2,1-3H3,(H2,22,23,27)(H,24,26,28). The van der Waals surface area contributed by atoms with Crippen molar-refractivity contribution in [2.75, 3.05) is 18.5 Å². The number of nitrogens with one attached hydrogen (secondary N) is 3. The lowest BCUT2D eigenvalue weighted by Gasteiger charge is -2.29. The van der Waals surface area contributed by atoms with Crippen LogP contribution in [-0.2, 0) is 16.0 Å². The highest BCUT2D eigenvalue weighted by Crippen LogP contribution is 2.30. The number of aromatic nitrogens is 2. The van der Waals surface area contributed by atoms with Gasteiger partial charge in [-0.15, -0.1) is 0 Å². The zero-order valence-corrected chi connectivity index (χ0v) is 17.5. The van der Waals surface area contributed by atoms with Gasteiger partial charge in [0.15, 0.2) is 6.29 Å². The summed E-state index contributed by atoms with van der Waals surface area (Å²) in [6.07, 6.45) is 1.14. The molecule has 9 heteroatoms. The molecule has 0 saturated heterocycles. The largest absolute Gasteiger partial charge is 0.349 e. The number of hydrogen-bond acceptors (Lipinski definition) is 5. The Labute approximate surface area is 174 Å². The number of unbranched alkanes of at least 4 members (excludes halogenated alkanes) is 1. The highest BCUT2D eigenvalue weighted by Gasteiger charge is 2.31. The molecule has 0 bridgehead atoms. The topological polar surface area (TPSA) is 114 Å². The van der Waals surface area contributed by atoms with E-state index in [0.29, 0.717) is 30.9 Å². The van der Waals surface area contributed by atoms with Gasteiger partial charge in [0.1, 0.15) is 5.82 Å². The van der Waals surface area contributed by atoms with Gasteiger partial charge in [-0.3, -0.25) is 19.7 Å². The fourth-order valence-corrected chi connectivity index (χ4v) is 3.50. The van der Waals surface area contributed by atoms with E-state index in [9.17, 15) is 14.4 Å². The molecule has 3 N–H and O–H groups in total. The van der Waals surface area contributed by atoms with E-state index in [4.69, 9.17) is 9.47 Å². The van der Waals surface area contributed by atoms with E-state index >= 15 is 0 Å². The number of fused-ring (bicyclic) bond motifs is 1. The minimum atomic E-state index is -0.683. The summed E-state index contributed by atoms with van der Waals surface area (Å²) in [6, 6.07) is 6.19. The Kier molecular flexibility index (Phi) is 7.07. The highest BCUT2D eigenvalue weighted by atomic mass is 16.7. The number of benzene rings is 1. The molecule has 0 radical (unpaired) electrons. The van der Waals surface area contributed by atoms with E-state index in [1.807, 2.05) is 45.0 Å². The van der Waals surface area contributed by atoms with Gasteiger partial charge in [0.05, 0.1) is 11.6 Å². The molecular formula is C21H28N4O5. The van der Waals surface area contributed by atoms with Crippen molar-refractivity contribution in [2.24, 2.45) is 0 Å². The molecule has 1 aliphatic rings. The number of carbonyl (C=O) groups excluding carboxylic acids is 1. The molecule has 0 spiro atoms. The summed E-state index contributed by atoms with van der Waals surface area (Å²) in [5.41, 5.74) is 0.812. The number of rotatable bonds is 9. The number of nitrogens with zero attached hydrogens (tertiary/aromatic N) is 1. The fraction of sp³-hybridized carbons (Fsp3) is 0.476. The number of urea groups is 1. The molecule has 2 aromatic rings. The van der Waals surface area contributed by atoms with Crippen LogP contribution in [0.1, 0.15) is 62.6 Å². The fourth-order valence-electron chi connectivity index (χ4n) is 3.50. The monoisotopic (exact) mass is 416 g/mol. The number of H-pyrrole nitrogens is 1. The molecule has 162 valence electrons. The van der Waals surface area contributed by atoms with Crippen LogP contribution in [0.15, 0.2) is 33.9 Å². The van der Waals surface area contributed by atoms with Crippen LogP contribution in [0.5, 0.6) is 0 Å². The number of carbonyl (C=O) groups is 1. The van der Waals surface area contributed by atoms with Gasteiger partial charge in [0.25, 0.3) is 5.56 Å². The smallest absolute Gasteiger partial charge is 0.329 e. The maximum Gasteiger partial charge on any atom is 0.329 e. The molecular weight excluding hydrogens is 388 g/mol. The van der Waals surface area contributed by atoms with Gasteiger partial charge in [0.2, 0.25) is 0 Å². The van der Waals surface area contributed by atoms with Crippen LogP contribution in [0.25, 0.3) is 0 Å². The van der Waals surface area contributed by atoms with Crippen LogP contribution in [0.2, 0.25) is 0 Å². The highest BCUT2D eigenvalue weighted by molar-refractivity contribution is 5.92. The van der Waals surface area contributed by atoms with Crippen LogP contribution in [0.4, 0.5) is 10.6 Å². The number of aromatic amines is 1. The van der Waals surface area contributed by atoms with Crippen molar-refractivity contribution < 1.29 is 14.3 Å². The number of hydrogen-bond donors (Lipinski definition) is 3. The Morgan fingerprint density at radius 2 is 1.70 bits per heavy atom. The molecule has 0 aliphatic carbocycles. The van der Waals surface area contributed by atoms with E-state index in [1.54, 1.807) is 0 Å². The molecule has 0 saturated carbocycles. The van der Waals surface area contributed by atoms with E-state index < -0.39 is 29.6 Å². The third-order valence-electron chi connectivity index (χ3n) is 4.94. The second-order valence-corrected chi connectivity index (χ2v) is 6.97. The molecule has 9 nitrogen and oxygen atoms in total.